The molecule has 0 radical (unpaired) electrons. The number of imidazole rings is 1. The number of carbonyl (C=O) groups excluding carboxylic acids is 1. The van der Waals surface area contributed by atoms with E-state index in [1.165, 1.54) is 11.1 Å². The van der Waals surface area contributed by atoms with Crippen molar-refractivity contribution < 1.29 is 4.79 Å². The maximum absolute atomic E-state index is 12.9. The van der Waals surface area contributed by atoms with E-state index in [0.29, 0.717) is 23.8 Å². The van der Waals surface area contributed by atoms with Gasteiger partial charge in [-0.2, -0.15) is 0 Å². The molecule has 0 saturated carbocycles. The summed E-state index contributed by atoms with van der Waals surface area (Å²) in [7, 11) is 1.67. The van der Waals surface area contributed by atoms with Crippen molar-refractivity contribution in [3.63, 3.8) is 0 Å². The Morgan fingerprint density at radius 2 is 1.47 bits per heavy atom. The zero-order valence-electron chi connectivity index (χ0n) is 20.5. The third kappa shape index (κ3) is 4.95. The summed E-state index contributed by atoms with van der Waals surface area (Å²) >= 11 is 6.04. The van der Waals surface area contributed by atoms with E-state index >= 15 is 0 Å². The van der Waals surface area contributed by atoms with Gasteiger partial charge in [-0.3, -0.25) is 9.69 Å². The van der Waals surface area contributed by atoms with Crippen LogP contribution in [0.4, 0.5) is 0 Å². The van der Waals surface area contributed by atoms with E-state index in [1.54, 1.807) is 13.4 Å². The number of rotatable bonds is 7. The zero-order chi connectivity index (χ0) is 25.0. The first-order chi connectivity index (χ1) is 17.6. The average Bonchev–Trinajstić information content (AvgIpc) is 3.32. The minimum atomic E-state index is -0.114. The van der Waals surface area contributed by atoms with Gasteiger partial charge in [0.15, 0.2) is 0 Å². The van der Waals surface area contributed by atoms with E-state index in [4.69, 9.17) is 11.6 Å². The molecule has 36 heavy (non-hydrogen) atoms. The standard InChI is InChI=1S/C30H31ClN4O/c1-32-29(36)28-27(33-22-35(28)20-23-12-14-26(31)15-13-23)21-34-18-16-30(17-19-34,24-8-4-2-5-9-24)25-10-6-3-7-11-25/h2-15,22H,16-21H2,1H3,(H,32,36). The molecule has 5 nitrogen and oxygen atoms in total. The van der Waals surface area contributed by atoms with Crippen LogP contribution in [0.15, 0.2) is 91.3 Å². The molecule has 1 amide bonds. The molecule has 0 aliphatic carbocycles. The van der Waals surface area contributed by atoms with Crippen molar-refractivity contribution in [2.45, 2.75) is 31.3 Å². The Labute approximate surface area is 217 Å². The summed E-state index contributed by atoms with van der Waals surface area (Å²) < 4.78 is 1.93. The molecule has 3 aromatic carbocycles. The van der Waals surface area contributed by atoms with Crippen LogP contribution in [0, 0.1) is 0 Å². The quantitative estimate of drug-likeness (QED) is 0.364. The third-order valence-corrected chi connectivity index (χ3v) is 7.61. The van der Waals surface area contributed by atoms with Crippen LogP contribution in [-0.2, 0) is 18.5 Å². The van der Waals surface area contributed by atoms with Crippen LogP contribution in [0.5, 0.6) is 0 Å². The number of benzene rings is 3. The highest BCUT2D eigenvalue weighted by molar-refractivity contribution is 6.30. The molecule has 0 unspecified atom stereocenters. The minimum Gasteiger partial charge on any atom is -0.354 e. The van der Waals surface area contributed by atoms with Crippen LogP contribution in [-0.4, -0.2) is 40.5 Å². The largest absolute Gasteiger partial charge is 0.354 e. The summed E-state index contributed by atoms with van der Waals surface area (Å²) in [6, 6.07) is 29.4. The average molecular weight is 499 g/mol. The Bertz CT molecular complexity index is 1250. The summed E-state index contributed by atoms with van der Waals surface area (Å²) in [4.78, 5) is 20.0. The summed E-state index contributed by atoms with van der Waals surface area (Å²) in [5.41, 5.74) is 5.24. The van der Waals surface area contributed by atoms with Gasteiger partial charge >= 0.3 is 0 Å². The van der Waals surface area contributed by atoms with E-state index in [-0.39, 0.29) is 11.3 Å². The molecule has 2 heterocycles. The smallest absolute Gasteiger partial charge is 0.269 e. The minimum absolute atomic E-state index is 0.00339. The van der Waals surface area contributed by atoms with Crippen LogP contribution >= 0.6 is 11.6 Å². The van der Waals surface area contributed by atoms with E-state index in [1.807, 2.05) is 28.8 Å². The number of piperidine rings is 1. The van der Waals surface area contributed by atoms with Crippen LogP contribution in [0.3, 0.4) is 0 Å². The van der Waals surface area contributed by atoms with Gasteiger partial charge in [0.2, 0.25) is 0 Å². The molecule has 0 bridgehead atoms. The molecule has 1 aliphatic heterocycles. The maximum atomic E-state index is 12.9. The fourth-order valence-electron chi connectivity index (χ4n) is 5.39. The van der Waals surface area contributed by atoms with Gasteiger partial charge in [-0.1, -0.05) is 84.4 Å². The molecule has 0 spiro atoms. The van der Waals surface area contributed by atoms with E-state index in [0.717, 1.165) is 37.2 Å². The van der Waals surface area contributed by atoms with Gasteiger partial charge in [-0.25, -0.2) is 4.98 Å². The highest BCUT2D eigenvalue weighted by Gasteiger charge is 2.38. The molecule has 4 aromatic rings. The Morgan fingerprint density at radius 3 is 2.03 bits per heavy atom. The number of carbonyl (C=O) groups is 1. The molecule has 184 valence electrons. The van der Waals surface area contributed by atoms with Gasteiger partial charge in [-0.15, -0.1) is 0 Å². The maximum Gasteiger partial charge on any atom is 0.269 e. The Balaban J connectivity index is 1.36. The molecule has 6 heteroatoms. The van der Waals surface area contributed by atoms with Crippen LogP contribution in [0.1, 0.15) is 45.7 Å². The second-order valence-electron chi connectivity index (χ2n) is 9.46. The molecular formula is C30H31ClN4O. The number of nitrogens with one attached hydrogen (secondary N) is 1. The molecular weight excluding hydrogens is 468 g/mol. The lowest BCUT2D eigenvalue weighted by molar-refractivity contribution is 0.0950. The first-order valence-corrected chi connectivity index (χ1v) is 12.8. The van der Waals surface area contributed by atoms with Crippen molar-refractivity contribution in [2.75, 3.05) is 20.1 Å². The second-order valence-corrected chi connectivity index (χ2v) is 9.90. The lowest BCUT2D eigenvalue weighted by Crippen LogP contribution is -2.43. The number of nitrogens with zero attached hydrogens (tertiary/aromatic N) is 3. The van der Waals surface area contributed by atoms with E-state index in [2.05, 4.69) is 75.9 Å². The fourth-order valence-corrected chi connectivity index (χ4v) is 5.52. The van der Waals surface area contributed by atoms with Crippen molar-refractivity contribution >= 4 is 17.5 Å². The Hall–Kier alpha value is -3.41. The van der Waals surface area contributed by atoms with Gasteiger partial charge in [0, 0.05) is 30.6 Å². The highest BCUT2D eigenvalue weighted by Crippen LogP contribution is 2.41. The summed E-state index contributed by atoms with van der Waals surface area (Å²) in [6.07, 6.45) is 3.81. The summed E-state index contributed by atoms with van der Waals surface area (Å²) in [5, 5.41) is 3.49. The summed E-state index contributed by atoms with van der Waals surface area (Å²) in [5.74, 6) is -0.114. The SMILES string of the molecule is CNC(=O)c1c(CN2CCC(c3ccccc3)(c3ccccc3)CC2)ncn1Cc1ccc(Cl)cc1. The lowest BCUT2D eigenvalue weighted by atomic mass is 9.68. The van der Waals surface area contributed by atoms with Crippen LogP contribution in [0.2, 0.25) is 5.02 Å². The molecule has 5 rings (SSSR count). The Morgan fingerprint density at radius 1 is 0.889 bits per heavy atom. The fraction of sp³-hybridized carbons (Fsp3) is 0.267. The number of hydrogen-bond acceptors (Lipinski definition) is 3. The zero-order valence-corrected chi connectivity index (χ0v) is 21.3. The normalized spacial score (nSPS) is 15.5. The van der Waals surface area contributed by atoms with E-state index < -0.39 is 0 Å². The predicted octanol–water partition coefficient (Wildman–Crippen LogP) is 5.53. The van der Waals surface area contributed by atoms with Gasteiger partial charge < -0.3 is 9.88 Å². The first kappa shape index (κ1) is 24.3. The molecule has 1 saturated heterocycles. The molecule has 0 atom stereocenters. The lowest BCUT2D eigenvalue weighted by Gasteiger charge is -2.43. The topological polar surface area (TPSA) is 50.2 Å². The van der Waals surface area contributed by atoms with Gasteiger partial charge in [0.25, 0.3) is 5.91 Å². The first-order valence-electron chi connectivity index (χ1n) is 12.4. The van der Waals surface area contributed by atoms with Crippen LogP contribution < -0.4 is 5.32 Å². The number of halogens is 1. The monoisotopic (exact) mass is 498 g/mol. The summed E-state index contributed by atoms with van der Waals surface area (Å²) in [6.45, 7) is 3.08. The number of hydrogen-bond donors (Lipinski definition) is 1. The predicted molar refractivity (Wildman–Crippen MR) is 144 cm³/mol. The van der Waals surface area contributed by atoms with Gasteiger partial charge in [0.1, 0.15) is 5.69 Å². The Kier molecular flexibility index (Phi) is 7.21. The molecule has 1 aromatic heterocycles. The number of likely N-dealkylation sites (tertiary alicyclic amines) is 1. The van der Waals surface area contributed by atoms with Crippen molar-refractivity contribution in [3.05, 3.63) is 124 Å². The highest BCUT2D eigenvalue weighted by atomic mass is 35.5. The van der Waals surface area contributed by atoms with Gasteiger partial charge in [-0.05, 0) is 54.8 Å². The molecule has 1 aliphatic rings. The van der Waals surface area contributed by atoms with E-state index in [9.17, 15) is 4.79 Å². The third-order valence-electron chi connectivity index (χ3n) is 7.36. The van der Waals surface area contributed by atoms with Crippen molar-refractivity contribution in [1.29, 1.82) is 0 Å². The molecule has 1 N–H and O–H groups in total. The van der Waals surface area contributed by atoms with Crippen molar-refractivity contribution in [2.24, 2.45) is 0 Å². The van der Waals surface area contributed by atoms with Gasteiger partial charge in [0.05, 0.1) is 12.0 Å². The number of aromatic nitrogens is 2. The second kappa shape index (κ2) is 10.7. The van der Waals surface area contributed by atoms with Crippen molar-refractivity contribution in [3.8, 4) is 0 Å². The molecule has 1 fully saturated rings. The number of amides is 1. The van der Waals surface area contributed by atoms with Crippen LogP contribution in [0.25, 0.3) is 0 Å². The van der Waals surface area contributed by atoms with Crippen molar-refractivity contribution in [1.82, 2.24) is 19.8 Å².